The van der Waals surface area contributed by atoms with E-state index in [9.17, 15) is 9.59 Å². The first kappa shape index (κ1) is 23.7. The van der Waals surface area contributed by atoms with E-state index in [1.165, 1.54) is 15.9 Å². The summed E-state index contributed by atoms with van der Waals surface area (Å²) in [6.45, 7) is 3.99. The molecule has 1 fully saturated rings. The van der Waals surface area contributed by atoms with Crippen molar-refractivity contribution in [3.8, 4) is 5.75 Å². The van der Waals surface area contributed by atoms with Crippen LogP contribution in [0.4, 0.5) is 11.4 Å². The third-order valence-electron chi connectivity index (χ3n) is 5.45. The van der Waals surface area contributed by atoms with Crippen molar-refractivity contribution in [1.82, 2.24) is 0 Å². The molecule has 0 unspecified atom stereocenters. The Morgan fingerprint density at radius 1 is 0.912 bits per heavy atom. The molecule has 34 heavy (non-hydrogen) atoms. The minimum Gasteiger partial charge on any atom is -0.489 e. The van der Waals surface area contributed by atoms with Gasteiger partial charge in [-0.15, -0.1) is 0 Å². The fraction of sp³-hybridized carbons (Fsp3) is 0.148. The standard InChI is InChI=1S/C27H23ClN2O3S/c1-3-18(2)33-24-15-14-19(17-23(24)28)16-22-25(31)29(20-10-6-4-7-11-20)27(34)30(26(22)32)21-12-8-5-9-13-21/h4-18H,3H2,1-2H3/t18-/m1/s1. The average Bonchev–Trinajstić information content (AvgIpc) is 2.84. The number of ether oxygens (including phenoxy) is 1. The third kappa shape index (κ3) is 4.74. The highest BCUT2D eigenvalue weighted by Crippen LogP contribution is 2.31. The number of halogens is 1. The number of amides is 2. The van der Waals surface area contributed by atoms with Crippen molar-refractivity contribution < 1.29 is 14.3 Å². The van der Waals surface area contributed by atoms with Gasteiger partial charge in [0.2, 0.25) is 0 Å². The molecule has 1 atom stereocenters. The maximum atomic E-state index is 13.5. The second kappa shape index (κ2) is 10.2. The average molecular weight is 491 g/mol. The summed E-state index contributed by atoms with van der Waals surface area (Å²) in [4.78, 5) is 29.8. The smallest absolute Gasteiger partial charge is 0.270 e. The van der Waals surface area contributed by atoms with E-state index in [-0.39, 0.29) is 16.8 Å². The molecular weight excluding hydrogens is 468 g/mol. The van der Waals surface area contributed by atoms with E-state index in [0.717, 1.165) is 6.42 Å². The number of rotatable bonds is 6. The van der Waals surface area contributed by atoms with Gasteiger partial charge in [0.1, 0.15) is 11.3 Å². The number of para-hydroxylation sites is 2. The molecule has 0 aromatic heterocycles. The molecule has 0 saturated carbocycles. The van der Waals surface area contributed by atoms with Crippen molar-refractivity contribution in [1.29, 1.82) is 0 Å². The van der Waals surface area contributed by atoms with Crippen molar-refractivity contribution in [3.05, 3.63) is 95.0 Å². The van der Waals surface area contributed by atoms with Crippen LogP contribution in [0, 0.1) is 0 Å². The summed E-state index contributed by atoms with van der Waals surface area (Å²) in [6.07, 6.45) is 2.40. The normalized spacial score (nSPS) is 14.9. The van der Waals surface area contributed by atoms with Gasteiger partial charge >= 0.3 is 0 Å². The molecular formula is C27H23ClN2O3S. The Bertz CT molecular complexity index is 1200. The van der Waals surface area contributed by atoms with E-state index in [0.29, 0.717) is 27.7 Å². The molecule has 0 radical (unpaired) electrons. The molecule has 3 aromatic rings. The summed E-state index contributed by atoms with van der Waals surface area (Å²) in [5, 5.41) is 0.501. The van der Waals surface area contributed by atoms with Gasteiger partial charge in [0, 0.05) is 0 Å². The van der Waals surface area contributed by atoms with Crippen LogP contribution in [0.1, 0.15) is 25.8 Å². The van der Waals surface area contributed by atoms with E-state index in [1.54, 1.807) is 42.5 Å². The highest BCUT2D eigenvalue weighted by atomic mass is 35.5. The highest BCUT2D eigenvalue weighted by Gasteiger charge is 2.41. The Morgan fingerprint density at radius 3 is 1.91 bits per heavy atom. The Kier molecular flexibility index (Phi) is 7.10. The Hall–Kier alpha value is -3.48. The first-order valence-electron chi connectivity index (χ1n) is 10.9. The van der Waals surface area contributed by atoms with Crippen LogP contribution in [0.25, 0.3) is 6.08 Å². The topological polar surface area (TPSA) is 49.9 Å². The Morgan fingerprint density at radius 2 is 1.44 bits per heavy atom. The molecule has 1 aliphatic rings. The zero-order valence-electron chi connectivity index (χ0n) is 18.8. The summed E-state index contributed by atoms with van der Waals surface area (Å²) in [6, 6.07) is 23.2. The van der Waals surface area contributed by atoms with Crippen LogP contribution in [0.5, 0.6) is 5.75 Å². The van der Waals surface area contributed by atoms with E-state index >= 15 is 0 Å². The fourth-order valence-electron chi connectivity index (χ4n) is 3.51. The van der Waals surface area contributed by atoms with Gasteiger partial charge in [0.15, 0.2) is 5.11 Å². The van der Waals surface area contributed by atoms with Crippen LogP contribution >= 0.6 is 23.8 Å². The quantitative estimate of drug-likeness (QED) is 0.232. The van der Waals surface area contributed by atoms with Gasteiger partial charge in [-0.25, -0.2) is 0 Å². The molecule has 3 aromatic carbocycles. The zero-order valence-corrected chi connectivity index (χ0v) is 20.3. The lowest BCUT2D eigenvalue weighted by Crippen LogP contribution is -2.56. The number of benzene rings is 3. The Labute approximate surface area is 209 Å². The monoisotopic (exact) mass is 490 g/mol. The van der Waals surface area contributed by atoms with E-state index in [1.807, 2.05) is 50.2 Å². The minimum atomic E-state index is -0.496. The van der Waals surface area contributed by atoms with Gasteiger partial charge in [-0.1, -0.05) is 61.0 Å². The van der Waals surface area contributed by atoms with Gasteiger partial charge in [-0.05, 0) is 73.6 Å². The molecule has 1 aliphatic heterocycles. The predicted molar refractivity (Wildman–Crippen MR) is 140 cm³/mol. The van der Waals surface area contributed by atoms with Gasteiger partial charge < -0.3 is 4.74 Å². The fourth-order valence-corrected chi connectivity index (χ4v) is 4.12. The summed E-state index contributed by atoms with van der Waals surface area (Å²) >= 11 is 12.0. The largest absolute Gasteiger partial charge is 0.489 e. The van der Waals surface area contributed by atoms with Crippen LogP contribution in [-0.2, 0) is 9.59 Å². The number of thiocarbonyl (C=S) groups is 1. The second-order valence-electron chi connectivity index (χ2n) is 7.82. The number of anilines is 2. The van der Waals surface area contributed by atoms with Crippen LogP contribution < -0.4 is 14.5 Å². The maximum absolute atomic E-state index is 13.5. The molecule has 0 N–H and O–H groups in total. The van der Waals surface area contributed by atoms with Crippen molar-refractivity contribution in [2.75, 3.05) is 9.80 Å². The second-order valence-corrected chi connectivity index (χ2v) is 8.59. The van der Waals surface area contributed by atoms with Crippen LogP contribution in [0.3, 0.4) is 0 Å². The molecule has 0 aliphatic carbocycles. The summed E-state index contributed by atoms with van der Waals surface area (Å²) in [5.74, 6) is -0.439. The molecule has 172 valence electrons. The van der Waals surface area contributed by atoms with Crippen molar-refractivity contribution >= 4 is 58.2 Å². The molecule has 0 bridgehead atoms. The molecule has 1 heterocycles. The highest BCUT2D eigenvalue weighted by molar-refractivity contribution is 7.81. The lowest BCUT2D eigenvalue weighted by molar-refractivity contribution is -0.120. The zero-order chi connectivity index (χ0) is 24.2. The van der Waals surface area contributed by atoms with Gasteiger partial charge in [-0.3, -0.25) is 19.4 Å². The van der Waals surface area contributed by atoms with E-state index in [4.69, 9.17) is 28.6 Å². The Balaban J connectivity index is 1.78. The minimum absolute atomic E-state index is 0.0167. The summed E-state index contributed by atoms with van der Waals surface area (Å²) in [5.41, 5.74) is 1.74. The molecule has 0 spiro atoms. The first-order chi connectivity index (χ1) is 16.4. The van der Waals surface area contributed by atoms with Crippen molar-refractivity contribution in [2.45, 2.75) is 26.4 Å². The number of nitrogens with zero attached hydrogens (tertiary/aromatic N) is 2. The predicted octanol–water partition coefficient (Wildman–Crippen LogP) is 6.27. The molecule has 7 heteroatoms. The maximum Gasteiger partial charge on any atom is 0.270 e. The van der Waals surface area contributed by atoms with Gasteiger partial charge in [0.05, 0.1) is 22.5 Å². The number of hydrogen-bond acceptors (Lipinski definition) is 4. The lowest BCUT2D eigenvalue weighted by Gasteiger charge is -2.36. The van der Waals surface area contributed by atoms with Gasteiger partial charge in [0.25, 0.3) is 11.8 Å². The van der Waals surface area contributed by atoms with Crippen LogP contribution in [-0.4, -0.2) is 23.0 Å². The number of hydrogen-bond donors (Lipinski definition) is 0. The molecule has 4 rings (SSSR count). The van der Waals surface area contributed by atoms with E-state index < -0.39 is 11.8 Å². The van der Waals surface area contributed by atoms with Crippen LogP contribution in [0.2, 0.25) is 5.02 Å². The molecule has 2 amide bonds. The summed E-state index contributed by atoms with van der Waals surface area (Å²) < 4.78 is 5.83. The lowest BCUT2D eigenvalue weighted by atomic mass is 10.0. The number of carbonyl (C=O) groups excluding carboxylic acids is 2. The number of carbonyl (C=O) groups is 2. The van der Waals surface area contributed by atoms with Crippen LogP contribution in [0.15, 0.2) is 84.4 Å². The molecule has 1 saturated heterocycles. The van der Waals surface area contributed by atoms with Crippen molar-refractivity contribution in [3.63, 3.8) is 0 Å². The first-order valence-corrected chi connectivity index (χ1v) is 11.7. The molecule has 5 nitrogen and oxygen atoms in total. The third-order valence-corrected chi connectivity index (χ3v) is 6.11. The SMILES string of the molecule is CC[C@@H](C)Oc1ccc(C=C2C(=O)N(c3ccccc3)C(=S)N(c3ccccc3)C2=O)cc1Cl. The summed E-state index contributed by atoms with van der Waals surface area (Å²) in [7, 11) is 0. The van der Waals surface area contributed by atoms with Crippen molar-refractivity contribution in [2.24, 2.45) is 0 Å². The van der Waals surface area contributed by atoms with Gasteiger partial charge in [-0.2, -0.15) is 0 Å². The van der Waals surface area contributed by atoms with E-state index in [2.05, 4.69) is 0 Å².